The number of rotatable bonds is 2. The third kappa shape index (κ3) is 4.04. The van der Waals surface area contributed by atoms with Crippen molar-refractivity contribution in [3.05, 3.63) is 29.8 Å². The minimum atomic E-state index is -0.250. The van der Waals surface area contributed by atoms with Gasteiger partial charge < -0.3 is 5.32 Å². The molecule has 0 aromatic carbocycles. The monoisotopic (exact) mass is 245 g/mol. The molecule has 0 saturated carbocycles. The Bertz CT molecular complexity index is 314. The van der Waals surface area contributed by atoms with E-state index in [0.717, 1.165) is 44.7 Å². The van der Waals surface area contributed by atoms with Crippen molar-refractivity contribution < 1.29 is 4.39 Å². The molecule has 1 aliphatic rings. The van der Waals surface area contributed by atoms with Gasteiger partial charge in [0.05, 0.1) is 6.20 Å². The summed E-state index contributed by atoms with van der Waals surface area (Å²) < 4.78 is 12.9. The molecule has 16 heavy (non-hydrogen) atoms. The van der Waals surface area contributed by atoms with E-state index in [1.165, 1.54) is 6.20 Å². The van der Waals surface area contributed by atoms with Crippen LogP contribution in [0.25, 0.3) is 0 Å². The first-order valence-corrected chi connectivity index (χ1v) is 5.37. The van der Waals surface area contributed by atoms with Gasteiger partial charge in [0.25, 0.3) is 0 Å². The van der Waals surface area contributed by atoms with Crippen LogP contribution in [0.15, 0.2) is 18.5 Å². The SMILES string of the molecule is Cl.Fc1cncc(CN2CCCNCC2)c1. The molecule has 1 saturated heterocycles. The fourth-order valence-electron chi connectivity index (χ4n) is 1.86. The van der Waals surface area contributed by atoms with Gasteiger partial charge >= 0.3 is 0 Å². The van der Waals surface area contributed by atoms with Crippen molar-refractivity contribution in [2.75, 3.05) is 26.2 Å². The summed E-state index contributed by atoms with van der Waals surface area (Å²) in [7, 11) is 0. The van der Waals surface area contributed by atoms with Crippen LogP contribution in [0, 0.1) is 5.82 Å². The standard InChI is InChI=1S/C11H16FN3.ClH/c12-11-6-10(7-14-8-11)9-15-4-1-2-13-3-5-15;/h6-8,13H,1-5,9H2;1H. The highest BCUT2D eigenvalue weighted by atomic mass is 35.5. The molecule has 0 bridgehead atoms. The van der Waals surface area contributed by atoms with Gasteiger partial charge in [0.1, 0.15) is 5.82 Å². The summed E-state index contributed by atoms with van der Waals surface area (Å²) in [5, 5.41) is 3.34. The Labute approximate surface area is 101 Å². The maximum Gasteiger partial charge on any atom is 0.141 e. The van der Waals surface area contributed by atoms with Gasteiger partial charge in [-0.1, -0.05) is 0 Å². The van der Waals surface area contributed by atoms with Crippen molar-refractivity contribution in [2.45, 2.75) is 13.0 Å². The van der Waals surface area contributed by atoms with Crippen LogP contribution in [0.1, 0.15) is 12.0 Å². The average Bonchev–Trinajstić information content (AvgIpc) is 2.46. The number of hydrogen-bond donors (Lipinski definition) is 1. The van der Waals surface area contributed by atoms with E-state index in [0.29, 0.717) is 0 Å². The molecular formula is C11H17ClFN3. The van der Waals surface area contributed by atoms with E-state index in [2.05, 4.69) is 15.2 Å². The van der Waals surface area contributed by atoms with E-state index in [1.54, 1.807) is 12.3 Å². The average molecular weight is 246 g/mol. The highest BCUT2D eigenvalue weighted by Crippen LogP contribution is 2.06. The van der Waals surface area contributed by atoms with E-state index in [-0.39, 0.29) is 18.2 Å². The van der Waals surface area contributed by atoms with Crippen molar-refractivity contribution in [1.82, 2.24) is 15.2 Å². The Balaban J connectivity index is 0.00000128. The van der Waals surface area contributed by atoms with Gasteiger partial charge in [-0.15, -0.1) is 12.4 Å². The predicted octanol–water partition coefficient (Wildman–Crippen LogP) is 1.44. The molecule has 0 radical (unpaired) electrons. The smallest absolute Gasteiger partial charge is 0.141 e. The Morgan fingerprint density at radius 1 is 1.31 bits per heavy atom. The Morgan fingerprint density at radius 3 is 3.00 bits per heavy atom. The molecule has 0 atom stereocenters. The summed E-state index contributed by atoms with van der Waals surface area (Å²) in [5.41, 5.74) is 0.955. The van der Waals surface area contributed by atoms with E-state index in [4.69, 9.17) is 0 Å². The van der Waals surface area contributed by atoms with E-state index in [1.807, 2.05) is 0 Å². The lowest BCUT2D eigenvalue weighted by Gasteiger charge is -2.18. The lowest BCUT2D eigenvalue weighted by Crippen LogP contribution is -2.27. The van der Waals surface area contributed by atoms with Crippen LogP contribution in [0.4, 0.5) is 4.39 Å². The molecule has 0 amide bonds. The van der Waals surface area contributed by atoms with Gasteiger partial charge in [-0.05, 0) is 31.1 Å². The molecule has 1 aliphatic heterocycles. The molecule has 1 N–H and O–H groups in total. The summed E-state index contributed by atoms with van der Waals surface area (Å²) in [5.74, 6) is -0.250. The summed E-state index contributed by atoms with van der Waals surface area (Å²) >= 11 is 0. The van der Waals surface area contributed by atoms with Crippen molar-refractivity contribution >= 4 is 12.4 Å². The Hall–Kier alpha value is -0.710. The molecule has 3 nitrogen and oxygen atoms in total. The third-order valence-corrected chi connectivity index (χ3v) is 2.60. The minimum absolute atomic E-state index is 0. The quantitative estimate of drug-likeness (QED) is 0.855. The molecule has 0 aliphatic carbocycles. The summed E-state index contributed by atoms with van der Waals surface area (Å²) in [6, 6.07) is 1.56. The topological polar surface area (TPSA) is 28.2 Å². The van der Waals surface area contributed by atoms with Gasteiger partial charge in [-0.2, -0.15) is 0 Å². The number of nitrogens with one attached hydrogen (secondary N) is 1. The van der Waals surface area contributed by atoms with Crippen LogP contribution in [-0.4, -0.2) is 36.1 Å². The summed E-state index contributed by atoms with van der Waals surface area (Å²) in [4.78, 5) is 6.19. The van der Waals surface area contributed by atoms with Crippen LogP contribution < -0.4 is 5.32 Å². The van der Waals surface area contributed by atoms with Gasteiger partial charge in [-0.3, -0.25) is 9.88 Å². The largest absolute Gasteiger partial charge is 0.315 e. The van der Waals surface area contributed by atoms with Crippen LogP contribution >= 0.6 is 12.4 Å². The van der Waals surface area contributed by atoms with Crippen molar-refractivity contribution in [3.63, 3.8) is 0 Å². The van der Waals surface area contributed by atoms with E-state index in [9.17, 15) is 4.39 Å². The van der Waals surface area contributed by atoms with Gasteiger partial charge in [-0.25, -0.2) is 4.39 Å². The number of aromatic nitrogens is 1. The van der Waals surface area contributed by atoms with Crippen molar-refractivity contribution in [2.24, 2.45) is 0 Å². The maximum atomic E-state index is 12.9. The van der Waals surface area contributed by atoms with Crippen molar-refractivity contribution in [1.29, 1.82) is 0 Å². The van der Waals surface area contributed by atoms with Gasteiger partial charge in [0.2, 0.25) is 0 Å². The molecule has 0 unspecified atom stereocenters. The molecule has 0 spiro atoms. The Morgan fingerprint density at radius 2 is 2.19 bits per heavy atom. The fourth-order valence-corrected chi connectivity index (χ4v) is 1.86. The zero-order chi connectivity index (χ0) is 10.5. The highest BCUT2D eigenvalue weighted by Gasteiger charge is 2.09. The van der Waals surface area contributed by atoms with Crippen LogP contribution in [0.5, 0.6) is 0 Å². The first kappa shape index (κ1) is 13.4. The molecule has 1 aromatic rings. The lowest BCUT2D eigenvalue weighted by atomic mass is 10.2. The van der Waals surface area contributed by atoms with Crippen LogP contribution in [-0.2, 0) is 6.54 Å². The molecule has 90 valence electrons. The zero-order valence-corrected chi connectivity index (χ0v) is 9.97. The first-order chi connectivity index (χ1) is 7.34. The lowest BCUT2D eigenvalue weighted by molar-refractivity contribution is 0.283. The summed E-state index contributed by atoms with van der Waals surface area (Å²) in [6.45, 7) is 4.99. The van der Waals surface area contributed by atoms with E-state index >= 15 is 0 Å². The normalized spacial score (nSPS) is 17.6. The molecule has 1 fully saturated rings. The second-order valence-electron chi connectivity index (χ2n) is 3.89. The second-order valence-corrected chi connectivity index (χ2v) is 3.89. The van der Waals surface area contributed by atoms with Crippen molar-refractivity contribution in [3.8, 4) is 0 Å². The zero-order valence-electron chi connectivity index (χ0n) is 9.16. The van der Waals surface area contributed by atoms with Crippen LogP contribution in [0.2, 0.25) is 0 Å². The fraction of sp³-hybridized carbons (Fsp3) is 0.545. The molecule has 1 aromatic heterocycles. The first-order valence-electron chi connectivity index (χ1n) is 5.37. The summed E-state index contributed by atoms with van der Waals surface area (Å²) in [6.07, 6.45) is 4.14. The third-order valence-electron chi connectivity index (χ3n) is 2.60. The van der Waals surface area contributed by atoms with Gasteiger partial charge in [0.15, 0.2) is 0 Å². The predicted molar refractivity (Wildman–Crippen MR) is 64.2 cm³/mol. The Kier molecular flexibility index (Phi) is 5.66. The molecule has 2 heterocycles. The molecule has 5 heteroatoms. The number of hydrogen-bond acceptors (Lipinski definition) is 3. The number of pyridine rings is 1. The number of halogens is 2. The molecule has 2 rings (SSSR count). The van der Waals surface area contributed by atoms with E-state index < -0.39 is 0 Å². The minimum Gasteiger partial charge on any atom is -0.315 e. The van der Waals surface area contributed by atoms with Gasteiger partial charge in [0, 0.05) is 25.8 Å². The number of nitrogens with zero attached hydrogens (tertiary/aromatic N) is 2. The second kappa shape index (κ2) is 6.78. The molecular weight excluding hydrogens is 229 g/mol. The maximum absolute atomic E-state index is 12.9. The van der Waals surface area contributed by atoms with Crippen LogP contribution in [0.3, 0.4) is 0 Å². The highest BCUT2D eigenvalue weighted by molar-refractivity contribution is 5.85.